The zero-order valence-corrected chi connectivity index (χ0v) is 14.5. The maximum absolute atomic E-state index is 9.19. The van der Waals surface area contributed by atoms with E-state index in [2.05, 4.69) is 23.4 Å². The maximum atomic E-state index is 9.19. The Bertz CT molecular complexity index is 771. The Morgan fingerprint density at radius 1 is 1.16 bits per heavy atom. The Kier molecular flexibility index (Phi) is 5.93. The van der Waals surface area contributed by atoms with Gasteiger partial charge in [-0.3, -0.25) is 4.98 Å². The van der Waals surface area contributed by atoms with Crippen molar-refractivity contribution in [3.63, 3.8) is 0 Å². The molecule has 0 aliphatic heterocycles. The minimum absolute atomic E-state index is 0.199. The quantitative estimate of drug-likeness (QED) is 0.663. The average molecular weight is 336 g/mol. The van der Waals surface area contributed by atoms with Gasteiger partial charge in [0.25, 0.3) is 0 Å². The van der Waals surface area contributed by atoms with E-state index < -0.39 is 0 Å². The minimum atomic E-state index is 0.199. The molecule has 3 rings (SSSR count). The van der Waals surface area contributed by atoms with Crippen molar-refractivity contribution in [3.8, 4) is 16.9 Å². The van der Waals surface area contributed by atoms with Gasteiger partial charge in [0.15, 0.2) is 0 Å². The van der Waals surface area contributed by atoms with E-state index in [1.807, 2.05) is 53.3 Å². The van der Waals surface area contributed by atoms with Crippen molar-refractivity contribution in [1.82, 2.24) is 20.1 Å². The molecule has 0 aliphatic rings. The zero-order chi connectivity index (χ0) is 17.5. The molecule has 2 aromatic heterocycles. The van der Waals surface area contributed by atoms with Gasteiger partial charge < -0.3 is 10.4 Å². The maximum Gasteiger partial charge on any atom is 0.0988 e. The molecule has 0 fully saturated rings. The second kappa shape index (κ2) is 8.55. The van der Waals surface area contributed by atoms with E-state index in [0.29, 0.717) is 12.6 Å². The van der Waals surface area contributed by atoms with Gasteiger partial charge in [0.2, 0.25) is 0 Å². The van der Waals surface area contributed by atoms with Gasteiger partial charge in [-0.25, -0.2) is 4.68 Å². The SMILES string of the molecule is CCC(CCO)NCc1cn(-c2ccccc2)nc1-c1cccnc1. The lowest BCUT2D eigenvalue weighted by atomic mass is 10.1. The predicted molar refractivity (Wildman–Crippen MR) is 99.4 cm³/mol. The number of aliphatic hydroxyl groups excluding tert-OH is 1. The summed E-state index contributed by atoms with van der Waals surface area (Å²) in [6.07, 6.45) is 7.41. The van der Waals surface area contributed by atoms with Crippen molar-refractivity contribution in [1.29, 1.82) is 0 Å². The first-order valence-electron chi connectivity index (χ1n) is 8.70. The van der Waals surface area contributed by atoms with Crippen molar-refractivity contribution in [2.24, 2.45) is 0 Å². The lowest BCUT2D eigenvalue weighted by Crippen LogP contribution is -2.28. The van der Waals surface area contributed by atoms with Crippen LogP contribution in [-0.2, 0) is 6.54 Å². The first-order valence-corrected chi connectivity index (χ1v) is 8.70. The van der Waals surface area contributed by atoms with Gasteiger partial charge in [0, 0.05) is 48.9 Å². The Hall–Kier alpha value is -2.50. The molecule has 2 N–H and O–H groups in total. The Morgan fingerprint density at radius 3 is 2.68 bits per heavy atom. The summed E-state index contributed by atoms with van der Waals surface area (Å²) in [5.74, 6) is 0. The van der Waals surface area contributed by atoms with Crippen molar-refractivity contribution in [2.45, 2.75) is 32.4 Å². The van der Waals surface area contributed by atoms with Crippen LogP contribution in [0.3, 0.4) is 0 Å². The monoisotopic (exact) mass is 336 g/mol. The molecule has 5 nitrogen and oxygen atoms in total. The normalized spacial score (nSPS) is 12.2. The second-order valence-electron chi connectivity index (χ2n) is 6.02. The highest BCUT2D eigenvalue weighted by Crippen LogP contribution is 2.23. The molecule has 0 bridgehead atoms. The minimum Gasteiger partial charge on any atom is -0.396 e. The van der Waals surface area contributed by atoms with E-state index in [-0.39, 0.29) is 6.61 Å². The summed E-state index contributed by atoms with van der Waals surface area (Å²) in [4.78, 5) is 4.22. The standard InChI is InChI=1S/C20H24N4O/c1-2-18(10-12-25)22-14-17-15-24(19-8-4-3-5-9-19)23-20(17)16-7-6-11-21-13-16/h3-9,11,13,15,18,22,25H,2,10,12,14H2,1H3. The molecular formula is C20H24N4O. The van der Waals surface area contributed by atoms with E-state index in [4.69, 9.17) is 5.10 Å². The molecule has 2 heterocycles. The van der Waals surface area contributed by atoms with E-state index in [9.17, 15) is 5.11 Å². The molecule has 1 unspecified atom stereocenters. The van der Waals surface area contributed by atoms with Crippen molar-refractivity contribution in [3.05, 3.63) is 66.6 Å². The second-order valence-corrected chi connectivity index (χ2v) is 6.02. The zero-order valence-electron chi connectivity index (χ0n) is 14.5. The lowest BCUT2D eigenvalue weighted by Gasteiger charge is -2.15. The number of benzene rings is 1. The van der Waals surface area contributed by atoms with Gasteiger partial charge >= 0.3 is 0 Å². The number of hydrogen-bond donors (Lipinski definition) is 2. The first kappa shape index (κ1) is 17.3. The van der Waals surface area contributed by atoms with E-state index in [1.54, 1.807) is 6.20 Å². The molecule has 3 aromatic rings. The summed E-state index contributed by atoms with van der Waals surface area (Å²) in [5.41, 5.74) is 4.09. The number of pyridine rings is 1. The summed E-state index contributed by atoms with van der Waals surface area (Å²) in [7, 11) is 0. The topological polar surface area (TPSA) is 63.0 Å². The Labute approximate surface area is 148 Å². The smallest absolute Gasteiger partial charge is 0.0988 e. The third-order valence-corrected chi connectivity index (χ3v) is 4.30. The number of nitrogens with zero attached hydrogens (tertiary/aromatic N) is 3. The molecule has 0 spiro atoms. The Morgan fingerprint density at radius 2 is 2.00 bits per heavy atom. The molecule has 0 radical (unpaired) electrons. The summed E-state index contributed by atoms with van der Waals surface area (Å²) in [6, 6.07) is 14.3. The van der Waals surface area contributed by atoms with Crippen molar-refractivity contribution in [2.75, 3.05) is 6.61 Å². The van der Waals surface area contributed by atoms with Gasteiger partial charge in [-0.15, -0.1) is 0 Å². The predicted octanol–water partition coefficient (Wildman–Crippen LogP) is 3.18. The average Bonchev–Trinajstić information content (AvgIpc) is 3.11. The summed E-state index contributed by atoms with van der Waals surface area (Å²) < 4.78 is 1.91. The molecule has 1 aromatic carbocycles. The van der Waals surface area contributed by atoms with Crippen LogP contribution in [0.5, 0.6) is 0 Å². The molecular weight excluding hydrogens is 312 g/mol. The molecule has 0 aliphatic carbocycles. The van der Waals surface area contributed by atoms with Gasteiger partial charge in [0.1, 0.15) is 0 Å². The van der Waals surface area contributed by atoms with E-state index in [1.165, 1.54) is 0 Å². The van der Waals surface area contributed by atoms with Crippen molar-refractivity contribution >= 4 is 0 Å². The third kappa shape index (κ3) is 4.32. The first-order chi connectivity index (χ1) is 12.3. The number of aliphatic hydroxyl groups is 1. The fourth-order valence-corrected chi connectivity index (χ4v) is 2.86. The van der Waals surface area contributed by atoms with Crippen LogP contribution in [0, 0.1) is 0 Å². The highest BCUT2D eigenvalue weighted by Gasteiger charge is 2.14. The van der Waals surface area contributed by atoms with Crippen LogP contribution in [0.4, 0.5) is 0 Å². The fraction of sp³-hybridized carbons (Fsp3) is 0.300. The highest BCUT2D eigenvalue weighted by atomic mass is 16.3. The summed E-state index contributed by atoms with van der Waals surface area (Å²) >= 11 is 0. The van der Waals surface area contributed by atoms with Crippen LogP contribution in [-0.4, -0.2) is 32.5 Å². The van der Waals surface area contributed by atoms with Crippen LogP contribution >= 0.6 is 0 Å². The summed E-state index contributed by atoms with van der Waals surface area (Å²) in [6.45, 7) is 3.03. The fourth-order valence-electron chi connectivity index (χ4n) is 2.86. The highest BCUT2D eigenvalue weighted by molar-refractivity contribution is 5.62. The number of aromatic nitrogens is 3. The van der Waals surface area contributed by atoms with Crippen LogP contribution in [0.15, 0.2) is 61.1 Å². The Balaban J connectivity index is 1.90. The molecule has 5 heteroatoms. The third-order valence-electron chi connectivity index (χ3n) is 4.30. The molecule has 1 atom stereocenters. The van der Waals surface area contributed by atoms with Crippen LogP contribution in [0.2, 0.25) is 0 Å². The van der Waals surface area contributed by atoms with Crippen molar-refractivity contribution < 1.29 is 5.11 Å². The molecule has 0 saturated heterocycles. The summed E-state index contributed by atoms with van der Waals surface area (Å²) in [5, 5.41) is 17.5. The van der Waals surface area contributed by atoms with Gasteiger partial charge in [-0.1, -0.05) is 25.1 Å². The van der Waals surface area contributed by atoms with E-state index in [0.717, 1.165) is 35.3 Å². The molecule has 130 valence electrons. The molecule has 0 saturated carbocycles. The number of nitrogens with one attached hydrogen (secondary N) is 1. The molecule has 0 amide bonds. The van der Waals surface area contributed by atoms with Crippen LogP contribution in [0.1, 0.15) is 25.3 Å². The van der Waals surface area contributed by atoms with Gasteiger partial charge in [0.05, 0.1) is 11.4 Å². The number of rotatable bonds is 8. The largest absolute Gasteiger partial charge is 0.396 e. The van der Waals surface area contributed by atoms with Gasteiger partial charge in [-0.2, -0.15) is 5.10 Å². The number of hydrogen-bond acceptors (Lipinski definition) is 4. The number of para-hydroxylation sites is 1. The lowest BCUT2D eigenvalue weighted by molar-refractivity contribution is 0.262. The molecule has 25 heavy (non-hydrogen) atoms. The van der Waals surface area contributed by atoms with Crippen LogP contribution < -0.4 is 5.32 Å². The van der Waals surface area contributed by atoms with Crippen LogP contribution in [0.25, 0.3) is 16.9 Å². The van der Waals surface area contributed by atoms with E-state index >= 15 is 0 Å². The van der Waals surface area contributed by atoms with Gasteiger partial charge in [-0.05, 0) is 37.1 Å².